The van der Waals surface area contributed by atoms with Crippen LogP contribution in [-0.4, -0.2) is 0 Å². The van der Waals surface area contributed by atoms with E-state index in [-0.39, 0.29) is 5.54 Å². The van der Waals surface area contributed by atoms with E-state index >= 15 is 0 Å². The van der Waals surface area contributed by atoms with Crippen molar-refractivity contribution in [2.24, 2.45) is 17.1 Å². The zero-order valence-electron chi connectivity index (χ0n) is 13.7. The van der Waals surface area contributed by atoms with Gasteiger partial charge in [0.05, 0.1) is 0 Å². The van der Waals surface area contributed by atoms with Gasteiger partial charge in [0.15, 0.2) is 0 Å². The van der Waals surface area contributed by atoms with Crippen molar-refractivity contribution < 1.29 is 0 Å². The number of rotatable bonds is 2. The SMILES string of the molecule is CCc1cccc(C2(N)CCCC(C(C)(C)C)CC2)c1. The first kappa shape index (κ1) is 15.6. The molecule has 2 atom stereocenters. The second-order valence-electron chi connectivity index (χ2n) is 7.70. The Balaban J connectivity index is 2.18. The monoisotopic (exact) mass is 273 g/mol. The van der Waals surface area contributed by atoms with E-state index in [1.807, 2.05) is 0 Å². The minimum absolute atomic E-state index is 0.106. The molecule has 0 amide bonds. The van der Waals surface area contributed by atoms with Gasteiger partial charge in [0.25, 0.3) is 0 Å². The van der Waals surface area contributed by atoms with Crippen molar-refractivity contribution >= 4 is 0 Å². The summed E-state index contributed by atoms with van der Waals surface area (Å²) in [4.78, 5) is 0. The highest BCUT2D eigenvalue weighted by atomic mass is 14.7. The van der Waals surface area contributed by atoms with E-state index in [0.717, 1.165) is 25.2 Å². The Hall–Kier alpha value is -0.820. The standard InChI is InChI=1S/C19H31N/c1-5-15-8-6-9-17(14-15)19(20)12-7-10-16(11-13-19)18(2,3)4/h6,8-9,14,16H,5,7,10-13,20H2,1-4H3. The summed E-state index contributed by atoms with van der Waals surface area (Å²) in [6.07, 6.45) is 7.20. The fourth-order valence-electron chi connectivity index (χ4n) is 3.62. The molecule has 2 unspecified atom stereocenters. The summed E-state index contributed by atoms with van der Waals surface area (Å²) in [5.74, 6) is 0.808. The van der Waals surface area contributed by atoms with Gasteiger partial charge in [-0.05, 0) is 54.6 Å². The van der Waals surface area contributed by atoms with Crippen LogP contribution in [0.2, 0.25) is 0 Å². The third-order valence-corrected chi connectivity index (χ3v) is 5.25. The van der Waals surface area contributed by atoms with E-state index in [1.54, 1.807) is 0 Å². The molecule has 2 rings (SSSR count). The van der Waals surface area contributed by atoms with Gasteiger partial charge in [-0.2, -0.15) is 0 Å². The third kappa shape index (κ3) is 3.44. The molecule has 0 aromatic heterocycles. The van der Waals surface area contributed by atoms with Crippen LogP contribution < -0.4 is 5.73 Å². The van der Waals surface area contributed by atoms with Crippen LogP contribution >= 0.6 is 0 Å². The van der Waals surface area contributed by atoms with Crippen molar-refractivity contribution in [3.05, 3.63) is 35.4 Å². The van der Waals surface area contributed by atoms with E-state index in [0.29, 0.717) is 5.41 Å². The largest absolute Gasteiger partial charge is 0.321 e. The zero-order valence-corrected chi connectivity index (χ0v) is 13.7. The maximum atomic E-state index is 6.81. The maximum Gasteiger partial charge on any atom is 0.0409 e. The lowest BCUT2D eigenvalue weighted by Crippen LogP contribution is -2.36. The summed E-state index contributed by atoms with van der Waals surface area (Å²) in [7, 11) is 0. The normalized spacial score (nSPS) is 28.1. The average molecular weight is 273 g/mol. The first-order valence-corrected chi connectivity index (χ1v) is 8.23. The van der Waals surface area contributed by atoms with Gasteiger partial charge in [-0.1, -0.05) is 58.4 Å². The van der Waals surface area contributed by atoms with Gasteiger partial charge in [-0.25, -0.2) is 0 Å². The van der Waals surface area contributed by atoms with Crippen LogP contribution in [0.5, 0.6) is 0 Å². The van der Waals surface area contributed by atoms with E-state index in [4.69, 9.17) is 5.73 Å². The summed E-state index contributed by atoms with van der Waals surface area (Å²) >= 11 is 0. The van der Waals surface area contributed by atoms with Crippen LogP contribution in [0.1, 0.15) is 70.9 Å². The number of nitrogens with two attached hydrogens (primary N) is 1. The van der Waals surface area contributed by atoms with E-state index < -0.39 is 0 Å². The summed E-state index contributed by atoms with van der Waals surface area (Å²) in [5, 5.41) is 0. The quantitative estimate of drug-likeness (QED) is 0.751. The van der Waals surface area contributed by atoms with Gasteiger partial charge in [-0.3, -0.25) is 0 Å². The molecular weight excluding hydrogens is 242 g/mol. The average Bonchev–Trinajstić information content (AvgIpc) is 2.61. The first-order chi connectivity index (χ1) is 9.35. The van der Waals surface area contributed by atoms with Crippen LogP contribution in [0, 0.1) is 11.3 Å². The lowest BCUT2D eigenvalue weighted by molar-refractivity contribution is 0.211. The molecular formula is C19H31N. The Morgan fingerprint density at radius 2 is 1.95 bits per heavy atom. The first-order valence-electron chi connectivity index (χ1n) is 8.23. The van der Waals surface area contributed by atoms with Crippen molar-refractivity contribution in [3.8, 4) is 0 Å². The molecule has 1 saturated carbocycles. The second kappa shape index (κ2) is 5.89. The van der Waals surface area contributed by atoms with Crippen LogP contribution in [0.4, 0.5) is 0 Å². The summed E-state index contributed by atoms with van der Waals surface area (Å²) < 4.78 is 0. The van der Waals surface area contributed by atoms with Crippen molar-refractivity contribution in [1.29, 1.82) is 0 Å². The van der Waals surface area contributed by atoms with Crippen molar-refractivity contribution in [2.45, 2.75) is 71.8 Å². The van der Waals surface area contributed by atoms with E-state index in [2.05, 4.69) is 52.0 Å². The second-order valence-corrected chi connectivity index (χ2v) is 7.70. The van der Waals surface area contributed by atoms with Crippen LogP contribution in [0.3, 0.4) is 0 Å². The molecule has 0 saturated heterocycles. The van der Waals surface area contributed by atoms with E-state index in [9.17, 15) is 0 Å². The minimum Gasteiger partial charge on any atom is -0.321 e. The molecule has 0 bridgehead atoms. The molecule has 1 fully saturated rings. The summed E-state index contributed by atoms with van der Waals surface area (Å²) in [5.41, 5.74) is 9.88. The molecule has 1 aliphatic carbocycles. The number of hydrogen-bond donors (Lipinski definition) is 1. The Labute approximate surface area is 125 Å². The fraction of sp³-hybridized carbons (Fsp3) is 0.684. The van der Waals surface area contributed by atoms with Crippen LogP contribution in [0.15, 0.2) is 24.3 Å². The topological polar surface area (TPSA) is 26.0 Å². The van der Waals surface area contributed by atoms with Crippen molar-refractivity contribution in [1.82, 2.24) is 0 Å². The van der Waals surface area contributed by atoms with Gasteiger partial charge in [0, 0.05) is 5.54 Å². The van der Waals surface area contributed by atoms with Gasteiger partial charge in [0.1, 0.15) is 0 Å². The fourth-order valence-corrected chi connectivity index (χ4v) is 3.62. The van der Waals surface area contributed by atoms with E-state index in [1.165, 1.54) is 30.4 Å². The molecule has 1 heteroatoms. The Morgan fingerprint density at radius 3 is 2.60 bits per heavy atom. The number of hydrogen-bond acceptors (Lipinski definition) is 1. The highest BCUT2D eigenvalue weighted by molar-refractivity contribution is 5.29. The molecule has 2 N–H and O–H groups in total. The lowest BCUT2D eigenvalue weighted by Gasteiger charge is -2.32. The van der Waals surface area contributed by atoms with Crippen LogP contribution in [0.25, 0.3) is 0 Å². The van der Waals surface area contributed by atoms with Gasteiger partial charge >= 0.3 is 0 Å². The summed E-state index contributed by atoms with van der Waals surface area (Å²) in [6, 6.07) is 8.95. The van der Waals surface area contributed by atoms with Crippen LogP contribution in [-0.2, 0) is 12.0 Å². The Morgan fingerprint density at radius 1 is 1.20 bits per heavy atom. The molecule has 0 aliphatic heterocycles. The Kier molecular flexibility index (Phi) is 4.59. The predicted octanol–water partition coefficient (Wildman–Crippen LogP) is 5.03. The number of aryl methyl sites for hydroxylation is 1. The molecule has 0 spiro atoms. The molecule has 1 nitrogen and oxygen atoms in total. The third-order valence-electron chi connectivity index (χ3n) is 5.25. The van der Waals surface area contributed by atoms with Gasteiger partial charge in [0.2, 0.25) is 0 Å². The number of benzene rings is 1. The summed E-state index contributed by atoms with van der Waals surface area (Å²) in [6.45, 7) is 9.34. The highest BCUT2D eigenvalue weighted by Crippen LogP contribution is 2.42. The molecule has 20 heavy (non-hydrogen) atoms. The molecule has 1 aromatic carbocycles. The zero-order chi connectivity index (χ0) is 14.8. The van der Waals surface area contributed by atoms with Crippen molar-refractivity contribution in [3.63, 3.8) is 0 Å². The molecule has 1 aliphatic rings. The Bertz CT molecular complexity index is 443. The lowest BCUT2D eigenvalue weighted by atomic mass is 9.75. The maximum absolute atomic E-state index is 6.81. The molecule has 0 heterocycles. The van der Waals surface area contributed by atoms with Crippen molar-refractivity contribution in [2.75, 3.05) is 0 Å². The molecule has 112 valence electrons. The highest BCUT2D eigenvalue weighted by Gasteiger charge is 2.34. The smallest absolute Gasteiger partial charge is 0.0409 e. The molecule has 0 radical (unpaired) electrons. The van der Waals surface area contributed by atoms with Gasteiger partial charge < -0.3 is 5.73 Å². The van der Waals surface area contributed by atoms with Gasteiger partial charge in [-0.15, -0.1) is 0 Å². The predicted molar refractivity (Wildman–Crippen MR) is 87.7 cm³/mol. The molecule has 1 aromatic rings. The minimum atomic E-state index is -0.106.